The summed E-state index contributed by atoms with van der Waals surface area (Å²) in [6.07, 6.45) is 2.80. The monoisotopic (exact) mass is 184 g/mol. The van der Waals surface area contributed by atoms with Gasteiger partial charge in [-0.3, -0.25) is 4.79 Å². The largest absolute Gasteiger partial charge is 0.393 e. The average molecular weight is 184 g/mol. The molecule has 0 aliphatic heterocycles. The van der Waals surface area contributed by atoms with Gasteiger partial charge in [0.1, 0.15) is 5.78 Å². The maximum atomic E-state index is 11.7. The second-order valence-electron chi connectivity index (χ2n) is 5.37. The van der Waals surface area contributed by atoms with Crippen LogP contribution in [0.3, 0.4) is 0 Å². The number of rotatable bonds is 2. The predicted octanol–water partition coefficient (Wildman–Crippen LogP) is 2.15. The Morgan fingerprint density at radius 3 is 2.38 bits per heavy atom. The smallest absolute Gasteiger partial charge is 0.136 e. The Kier molecular flexibility index (Phi) is 3.12. The maximum absolute atomic E-state index is 11.7. The minimum Gasteiger partial charge on any atom is -0.393 e. The van der Waals surface area contributed by atoms with E-state index in [-0.39, 0.29) is 17.4 Å². The van der Waals surface area contributed by atoms with Gasteiger partial charge in [0.25, 0.3) is 0 Å². The molecule has 0 heterocycles. The van der Waals surface area contributed by atoms with Crippen LogP contribution in [0.2, 0.25) is 0 Å². The minimum absolute atomic E-state index is 0.0879. The van der Waals surface area contributed by atoms with Crippen molar-refractivity contribution in [1.29, 1.82) is 0 Å². The number of aliphatic hydroxyl groups excluding tert-OH is 1. The molecule has 0 amide bonds. The van der Waals surface area contributed by atoms with E-state index in [2.05, 4.69) is 20.8 Å². The van der Waals surface area contributed by atoms with E-state index in [4.69, 9.17) is 0 Å². The van der Waals surface area contributed by atoms with Gasteiger partial charge in [-0.1, -0.05) is 20.8 Å². The molecule has 0 aromatic heterocycles. The van der Waals surface area contributed by atoms with Crippen molar-refractivity contribution in [3.8, 4) is 0 Å². The first-order valence-electron chi connectivity index (χ1n) is 5.09. The van der Waals surface area contributed by atoms with Gasteiger partial charge in [-0.25, -0.2) is 0 Å². The van der Waals surface area contributed by atoms with Crippen molar-refractivity contribution in [2.24, 2.45) is 11.3 Å². The van der Waals surface area contributed by atoms with E-state index in [0.717, 1.165) is 12.8 Å². The summed E-state index contributed by atoms with van der Waals surface area (Å²) in [5.41, 5.74) is 0.0879. The highest BCUT2D eigenvalue weighted by Crippen LogP contribution is 2.30. The molecular weight excluding hydrogens is 164 g/mol. The summed E-state index contributed by atoms with van der Waals surface area (Å²) in [4.78, 5) is 11.7. The zero-order valence-electron chi connectivity index (χ0n) is 8.84. The number of hydrogen-bond donors (Lipinski definition) is 1. The van der Waals surface area contributed by atoms with Crippen LogP contribution in [0.4, 0.5) is 0 Å². The van der Waals surface area contributed by atoms with Crippen LogP contribution < -0.4 is 0 Å². The first-order valence-corrected chi connectivity index (χ1v) is 5.09. The molecule has 1 aliphatic carbocycles. The van der Waals surface area contributed by atoms with Gasteiger partial charge in [-0.15, -0.1) is 0 Å². The summed E-state index contributed by atoms with van der Waals surface area (Å²) in [5, 5.41) is 9.29. The molecule has 2 nitrogen and oxygen atoms in total. The number of aliphatic hydroxyl groups is 1. The fourth-order valence-corrected chi connectivity index (χ4v) is 1.92. The lowest BCUT2D eigenvalue weighted by Gasteiger charge is -2.19. The van der Waals surface area contributed by atoms with Crippen molar-refractivity contribution < 1.29 is 9.90 Å². The lowest BCUT2D eigenvalue weighted by atomic mass is 9.85. The molecule has 0 radical (unpaired) electrons. The lowest BCUT2D eigenvalue weighted by molar-refractivity contribution is -0.124. The van der Waals surface area contributed by atoms with Crippen LogP contribution in [-0.2, 0) is 4.79 Å². The van der Waals surface area contributed by atoms with Crippen LogP contribution >= 0.6 is 0 Å². The molecule has 1 saturated carbocycles. The van der Waals surface area contributed by atoms with E-state index in [1.807, 2.05) is 0 Å². The van der Waals surface area contributed by atoms with Crippen molar-refractivity contribution in [3.05, 3.63) is 0 Å². The number of carbonyl (C=O) groups excluding carboxylic acids is 1. The van der Waals surface area contributed by atoms with Crippen molar-refractivity contribution in [2.45, 2.75) is 52.6 Å². The Morgan fingerprint density at radius 1 is 1.38 bits per heavy atom. The fourth-order valence-electron chi connectivity index (χ4n) is 1.92. The van der Waals surface area contributed by atoms with Crippen molar-refractivity contribution in [3.63, 3.8) is 0 Å². The Hall–Kier alpha value is -0.370. The molecule has 13 heavy (non-hydrogen) atoms. The molecule has 1 aliphatic rings. The molecule has 0 aromatic rings. The van der Waals surface area contributed by atoms with E-state index < -0.39 is 0 Å². The zero-order chi connectivity index (χ0) is 10.1. The van der Waals surface area contributed by atoms with Gasteiger partial charge in [0.2, 0.25) is 0 Å². The first kappa shape index (κ1) is 10.7. The van der Waals surface area contributed by atoms with Crippen LogP contribution in [0, 0.1) is 11.3 Å². The first-order chi connectivity index (χ1) is 5.88. The Labute approximate surface area is 80.3 Å². The Morgan fingerprint density at radius 2 is 2.00 bits per heavy atom. The average Bonchev–Trinajstić information content (AvgIpc) is 2.31. The molecule has 0 spiro atoms. The van der Waals surface area contributed by atoms with E-state index in [0.29, 0.717) is 18.6 Å². The molecule has 2 atom stereocenters. The van der Waals surface area contributed by atoms with Gasteiger partial charge >= 0.3 is 0 Å². The highest BCUT2D eigenvalue weighted by atomic mass is 16.3. The third-order valence-corrected chi connectivity index (χ3v) is 2.56. The van der Waals surface area contributed by atoms with Crippen molar-refractivity contribution in [1.82, 2.24) is 0 Å². The number of hydrogen-bond acceptors (Lipinski definition) is 2. The second kappa shape index (κ2) is 3.79. The van der Waals surface area contributed by atoms with Crippen LogP contribution in [0.1, 0.15) is 46.5 Å². The summed E-state index contributed by atoms with van der Waals surface area (Å²) >= 11 is 0. The van der Waals surface area contributed by atoms with Crippen molar-refractivity contribution >= 4 is 5.78 Å². The van der Waals surface area contributed by atoms with E-state index in [9.17, 15) is 9.90 Å². The quantitative estimate of drug-likeness (QED) is 0.714. The van der Waals surface area contributed by atoms with Crippen LogP contribution in [0.25, 0.3) is 0 Å². The molecule has 0 bridgehead atoms. The molecule has 1 N–H and O–H groups in total. The maximum Gasteiger partial charge on any atom is 0.136 e. The Bertz CT molecular complexity index is 191. The summed E-state index contributed by atoms with van der Waals surface area (Å²) in [5.74, 6) is 0.471. The van der Waals surface area contributed by atoms with Gasteiger partial charge in [-0.05, 0) is 24.7 Å². The highest BCUT2D eigenvalue weighted by Gasteiger charge is 2.30. The zero-order valence-corrected chi connectivity index (χ0v) is 8.84. The molecule has 76 valence electrons. The summed E-state index contributed by atoms with van der Waals surface area (Å²) in [7, 11) is 0. The van der Waals surface area contributed by atoms with Gasteiger partial charge < -0.3 is 5.11 Å². The summed E-state index contributed by atoms with van der Waals surface area (Å²) in [6, 6.07) is 0. The number of carbonyl (C=O) groups is 1. The molecule has 1 fully saturated rings. The second-order valence-corrected chi connectivity index (χ2v) is 5.37. The summed E-state index contributed by atoms with van der Waals surface area (Å²) < 4.78 is 0. The topological polar surface area (TPSA) is 37.3 Å². The van der Waals surface area contributed by atoms with Gasteiger partial charge in [0.15, 0.2) is 0 Å². The normalized spacial score (nSPS) is 29.2. The molecule has 1 rings (SSSR count). The fraction of sp³-hybridized carbons (Fsp3) is 0.909. The predicted molar refractivity (Wildman–Crippen MR) is 52.4 cm³/mol. The number of ketones is 1. The summed E-state index contributed by atoms with van der Waals surface area (Å²) in [6.45, 7) is 6.24. The highest BCUT2D eigenvalue weighted by molar-refractivity contribution is 5.81. The van der Waals surface area contributed by atoms with Crippen LogP contribution in [0.5, 0.6) is 0 Å². The standard InChI is InChI=1S/C11H20O2/c1-11(2,3)7-10(13)8-4-5-9(12)6-8/h8-9,12H,4-7H2,1-3H3. The molecular formula is C11H20O2. The van der Waals surface area contributed by atoms with Gasteiger partial charge in [0, 0.05) is 12.3 Å². The van der Waals surface area contributed by atoms with Gasteiger partial charge in [0.05, 0.1) is 6.10 Å². The van der Waals surface area contributed by atoms with E-state index in [1.165, 1.54) is 0 Å². The van der Waals surface area contributed by atoms with Crippen LogP contribution in [0.15, 0.2) is 0 Å². The SMILES string of the molecule is CC(C)(C)CC(=O)C1CCC(O)C1. The molecule has 0 aromatic carbocycles. The van der Waals surface area contributed by atoms with E-state index >= 15 is 0 Å². The molecule has 0 saturated heterocycles. The Balaban J connectivity index is 2.41. The third-order valence-electron chi connectivity index (χ3n) is 2.56. The minimum atomic E-state index is -0.228. The van der Waals surface area contributed by atoms with Crippen molar-refractivity contribution in [2.75, 3.05) is 0 Å². The van der Waals surface area contributed by atoms with Crippen LogP contribution in [-0.4, -0.2) is 17.0 Å². The van der Waals surface area contributed by atoms with Gasteiger partial charge in [-0.2, -0.15) is 0 Å². The third kappa shape index (κ3) is 3.47. The molecule has 2 heteroatoms. The molecule has 2 unspecified atom stereocenters. The van der Waals surface area contributed by atoms with E-state index in [1.54, 1.807) is 0 Å². The lowest BCUT2D eigenvalue weighted by Crippen LogP contribution is -2.19. The number of Topliss-reactive ketones (excluding diaryl/α,β-unsaturated/α-hetero) is 1.